The van der Waals surface area contributed by atoms with Crippen LogP contribution < -0.4 is 4.90 Å². The molecule has 1 aliphatic rings. The van der Waals surface area contributed by atoms with Crippen LogP contribution in [0.2, 0.25) is 0 Å². The summed E-state index contributed by atoms with van der Waals surface area (Å²) in [4.78, 5) is 6.65. The Morgan fingerprint density at radius 3 is 2.14 bits per heavy atom. The summed E-state index contributed by atoms with van der Waals surface area (Å²) in [6.45, 7) is 2.34. The van der Waals surface area contributed by atoms with Gasteiger partial charge in [0.1, 0.15) is 9.21 Å². The molecule has 0 aromatic carbocycles. The normalized spacial score (nSPS) is 17.1. The van der Waals surface area contributed by atoms with E-state index in [1.165, 1.54) is 38.0 Å². The average molecular weight is 320 g/mol. The lowest BCUT2D eigenvalue weighted by molar-refractivity contribution is 0.577. The van der Waals surface area contributed by atoms with Gasteiger partial charge in [0.2, 0.25) is 0 Å². The molecular weight excluding hydrogens is 308 g/mol. The van der Waals surface area contributed by atoms with Gasteiger partial charge in [-0.3, -0.25) is 0 Å². The fourth-order valence-corrected chi connectivity index (χ4v) is 2.88. The third-order valence-electron chi connectivity index (χ3n) is 2.47. The van der Waals surface area contributed by atoms with Gasteiger partial charge >= 0.3 is 0 Å². The highest BCUT2D eigenvalue weighted by Crippen LogP contribution is 2.25. The number of anilines is 1. The monoisotopic (exact) mass is 318 g/mol. The van der Waals surface area contributed by atoms with Gasteiger partial charge in [-0.1, -0.05) is 0 Å². The van der Waals surface area contributed by atoms with Crippen LogP contribution in [0.1, 0.15) is 19.3 Å². The maximum Gasteiger partial charge on any atom is 0.109 e. The Bertz CT molecular complexity index is 302. The molecule has 0 atom stereocenters. The van der Waals surface area contributed by atoms with E-state index in [2.05, 4.69) is 53.9 Å². The number of hydrogen-bond donors (Lipinski definition) is 0. The molecule has 0 saturated carbocycles. The summed E-state index contributed by atoms with van der Waals surface area (Å²) in [5.41, 5.74) is 1.26. The van der Waals surface area contributed by atoms with Crippen molar-refractivity contribution in [2.75, 3.05) is 18.0 Å². The van der Waals surface area contributed by atoms with E-state index in [-0.39, 0.29) is 0 Å². The minimum Gasteiger partial charge on any atom is -0.371 e. The largest absolute Gasteiger partial charge is 0.371 e. The SMILES string of the molecule is Brc1cc(N2CCCCC2)cc(Br)n1. The fraction of sp³-hybridized carbons (Fsp3) is 0.500. The third kappa shape index (κ3) is 2.48. The molecule has 76 valence electrons. The van der Waals surface area contributed by atoms with Gasteiger partial charge in [-0.2, -0.15) is 0 Å². The van der Waals surface area contributed by atoms with Gasteiger partial charge < -0.3 is 4.90 Å². The van der Waals surface area contributed by atoms with Gasteiger partial charge in [0.15, 0.2) is 0 Å². The first-order chi connectivity index (χ1) is 6.75. The highest BCUT2D eigenvalue weighted by molar-refractivity contribution is 9.11. The van der Waals surface area contributed by atoms with Crippen LogP contribution >= 0.6 is 31.9 Å². The highest BCUT2D eigenvalue weighted by atomic mass is 79.9. The number of piperidine rings is 1. The van der Waals surface area contributed by atoms with Crippen LogP contribution in [-0.2, 0) is 0 Å². The van der Waals surface area contributed by atoms with Crippen molar-refractivity contribution in [1.82, 2.24) is 4.98 Å². The predicted octanol–water partition coefficient (Wildman–Crippen LogP) is 3.60. The zero-order chi connectivity index (χ0) is 9.97. The maximum absolute atomic E-state index is 4.24. The first-order valence-corrected chi connectivity index (χ1v) is 6.42. The van der Waals surface area contributed by atoms with Gasteiger partial charge in [0, 0.05) is 18.8 Å². The Hall–Kier alpha value is -0.0900. The number of aromatic nitrogens is 1. The molecule has 2 nitrogen and oxygen atoms in total. The molecular formula is C10H12Br2N2. The third-order valence-corrected chi connectivity index (χ3v) is 3.28. The molecule has 0 aliphatic carbocycles. The molecule has 0 N–H and O–H groups in total. The van der Waals surface area contributed by atoms with E-state index in [4.69, 9.17) is 0 Å². The lowest BCUT2D eigenvalue weighted by atomic mass is 10.1. The van der Waals surface area contributed by atoms with Crippen molar-refractivity contribution in [1.29, 1.82) is 0 Å². The molecule has 0 bridgehead atoms. The van der Waals surface area contributed by atoms with Crippen molar-refractivity contribution in [2.24, 2.45) is 0 Å². The van der Waals surface area contributed by atoms with E-state index in [9.17, 15) is 0 Å². The lowest BCUT2D eigenvalue weighted by Gasteiger charge is -2.28. The molecule has 0 spiro atoms. The van der Waals surface area contributed by atoms with E-state index in [0.29, 0.717) is 0 Å². The maximum atomic E-state index is 4.24. The Morgan fingerprint density at radius 2 is 1.57 bits per heavy atom. The van der Waals surface area contributed by atoms with E-state index >= 15 is 0 Å². The second-order valence-electron chi connectivity index (χ2n) is 3.52. The molecule has 1 fully saturated rings. The van der Waals surface area contributed by atoms with Gasteiger partial charge in [0.05, 0.1) is 0 Å². The predicted molar refractivity (Wildman–Crippen MR) is 65.7 cm³/mol. The van der Waals surface area contributed by atoms with Crippen LogP contribution in [0.4, 0.5) is 5.69 Å². The number of rotatable bonds is 1. The molecule has 1 saturated heterocycles. The second-order valence-corrected chi connectivity index (χ2v) is 5.14. The van der Waals surface area contributed by atoms with Crippen molar-refractivity contribution in [2.45, 2.75) is 19.3 Å². The summed E-state index contributed by atoms with van der Waals surface area (Å²) in [6, 6.07) is 4.16. The van der Waals surface area contributed by atoms with Crippen molar-refractivity contribution in [3.63, 3.8) is 0 Å². The minimum atomic E-state index is 0.896. The first kappa shape index (κ1) is 10.4. The van der Waals surface area contributed by atoms with Gasteiger partial charge in [-0.15, -0.1) is 0 Å². The van der Waals surface area contributed by atoms with Gasteiger partial charge in [0.25, 0.3) is 0 Å². The van der Waals surface area contributed by atoms with Crippen molar-refractivity contribution >= 4 is 37.5 Å². The molecule has 2 rings (SSSR count). The first-order valence-electron chi connectivity index (χ1n) is 4.84. The van der Waals surface area contributed by atoms with Crippen LogP contribution in [0, 0.1) is 0 Å². The van der Waals surface area contributed by atoms with Crippen molar-refractivity contribution in [3.05, 3.63) is 21.3 Å². The van der Waals surface area contributed by atoms with Crippen LogP contribution in [-0.4, -0.2) is 18.1 Å². The van der Waals surface area contributed by atoms with E-state index in [0.717, 1.165) is 9.21 Å². The molecule has 14 heavy (non-hydrogen) atoms. The zero-order valence-electron chi connectivity index (χ0n) is 7.84. The summed E-state index contributed by atoms with van der Waals surface area (Å²) in [7, 11) is 0. The summed E-state index contributed by atoms with van der Waals surface area (Å²) < 4.78 is 1.79. The molecule has 4 heteroatoms. The summed E-state index contributed by atoms with van der Waals surface area (Å²) in [5.74, 6) is 0. The van der Waals surface area contributed by atoms with Crippen molar-refractivity contribution < 1.29 is 0 Å². The minimum absolute atomic E-state index is 0.896. The van der Waals surface area contributed by atoms with Crippen LogP contribution in [0.25, 0.3) is 0 Å². The molecule has 0 radical (unpaired) electrons. The molecule has 1 aromatic heterocycles. The van der Waals surface area contributed by atoms with Gasteiger partial charge in [-0.25, -0.2) is 4.98 Å². The zero-order valence-corrected chi connectivity index (χ0v) is 11.0. The van der Waals surface area contributed by atoms with E-state index < -0.39 is 0 Å². The Kier molecular flexibility index (Phi) is 3.44. The highest BCUT2D eigenvalue weighted by Gasteiger charge is 2.11. The smallest absolute Gasteiger partial charge is 0.109 e. The van der Waals surface area contributed by atoms with Crippen LogP contribution in [0.3, 0.4) is 0 Å². The van der Waals surface area contributed by atoms with Crippen molar-refractivity contribution in [3.8, 4) is 0 Å². The number of halogens is 2. The Labute approximate surface area is 101 Å². The average Bonchev–Trinajstić information content (AvgIpc) is 2.18. The summed E-state index contributed by atoms with van der Waals surface area (Å²) in [5, 5.41) is 0. The molecule has 1 aliphatic heterocycles. The summed E-state index contributed by atoms with van der Waals surface area (Å²) in [6.07, 6.45) is 3.97. The number of pyridine rings is 1. The fourth-order valence-electron chi connectivity index (χ4n) is 1.79. The standard InChI is InChI=1S/C10H12Br2N2/c11-9-6-8(7-10(12)13-9)14-4-2-1-3-5-14/h6-7H,1-5H2. The lowest BCUT2D eigenvalue weighted by Crippen LogP contribution is -2.29. The Balaban J connectivity index is 2.21. The second kappa shape index (κ2) is 4.62. The molecule has 1 aromatic rings. The van der Waals surface area contributed by atoms with Crippen LogP contribution in [0.15, 0.2) is 21.3 Å². The molecule has 2 heterocycles. The number of nitrogens with zero attached hydrogens (tertiary/aromatic N) is 2. The Morgan fingerprint density at radius 1 is 1.00 bits per heavy atom. The summed E-state index contributed by atoms with van der Waals surface area (Å²) >= 11 is 6.82. The van der Waals surface area contributed by atoms with Gasteiger partial charge in [-0.05, 0) is 63.3 Å². The van der Waals surface area contributed by atoms with E-state index in [1.54, 1.807) is 0 Å². The van der Waals surface area contributed by atoms with Crippen LogP contribution in [0.5, 0.6) is 0 Å². The number of hydrogen-bond acceptors (Lipinski definition) is 2. The molecule has 0 amide bonds. The topological polar surface area (TPSA) is 16.1 Å². The molecule has 0 unspecified atom stereocenters. The van der Waals surface area contributed by atoms with E-state index in [1.807, 2.05) is 0 Å². The quantitative estimate of drug-likeness (QED) is 0.735.